The van der Waals surface area contributed by atoms with Crippen molar-refractivity contribution in [3.63, 3.8) is 0 Å². The van der Waals surface area contributed by atoms with E-state index in [1.54, 1.807) is 7.11 Å². The van der Waals surface area contributed by atoms with Crippen LogP contribution < -0.4 is 15.4 Å². The summed E-state index contributed by atoms with van der Waals surface area (Å²) in [6, 6.07) is 15.8. The van der Waals surface area contributed by atoms with Crippen LogP contribution in [-0.4, -0.2) is 19.6 Å². The van der Waals surface area contributed by atoms with Crippen molar-refractivity contribution in [3.05, 3.63) is 59.7 Å². The number of methoxy groups -OCH3 is 1. The first-order valence-corrected chi connectivity index (χ1v) is 7.37. The van der Waals surface area contributed by atoms with Gasteiger partial charge in [0.25, 0.3) is 0 Å². The van der Waals surface area contributed by atoms with Gasteiger partial charge in [0, 0.05) is 25.2 Å². The first-order chi connectivity index (χ1) is 10.7. The summed E-state index contributed by atoms with van der Waals surface area (Å²) in [4.78, 5) is 11.8. The lowest BCUT2D eigenvalue weighted by atomic mass is 10.2. The van der Waals surface area contributed by atoms with Crippen molar-refractivity contribution in [2.75, 3.05) is 19.0 Å². The summed E-state index contributed by atoms with van der Waals surface area (Å²) in [5.41, 5.74) is 3.30. The Kier molecular flexibility index (Phi) is 5.83. The quantitative estimate of drug-likeness (QED) is 0.825. The van der Waals surface area contributed by atoms with Crippen molar-refractivity contribution in [2.24, 2.45) is 0 Å². The van der Waals surface area contributed by atoms with Gasteiger partial charge in [0.15, 0.2) is 0 Å². The van der Waals surface area contributed by atoms with Gasteiger partial charge in [-0.1, -0.05) is 24.3 Å². The zero-order valence-electron chi connectivity index (χ0n) is 13.1. The number of carbonyl (C=O) groups is 1. The maximum atomic E-state index is 11.8. The second kappa shape index (κ2) is 8.08. The summed E-state index contributed by atoms with van der Waals surface area (Å²) < 4.78 is 5.10. The fourth-order valence-corrected chi connectivity index (χ4v) is 2.11. The van der Waals surface area contributed by atoms with Crippen LogP contribution in [0, 0.1) is 6.92 Å². The van der Waals surface area contributed by atoms with Gasteiger partial charge in [0.1, 0.15) is 5.75 Å². The Bertz CT molecular complexity index is 609. The molecule has 0 bridgehead atoms. The van der Waals surface area contributed by atoms with E-state index in [2.05, 4.69) is 16.7 Å². The Morgan fingerprint density at radius 2 is 1.91 bits per heavy atom. The van der Waals surface area contributed by atoms with E-state index in [-0.39, 0.29) is 5.91 Å². The molecule has 0 fully saturated rings. The van der Waals surface area contributed by atoms with E-state index in [1.165, 1.54) is 5.56 Å². The Morgan fingerprint density at radius 3 is 2.59 bits per heavy atom. The summed E-state index contributed by atoms with van der Waals surface area (Å²) in [7, 11) is 1.64. The van der Waals surface area contributed by atoms with Gasteiger partial charge in [0.05, 0.1) is 7.11 Å². The van der Waals surface area contributed by atoms with Gasteiger partial charge < -0.3 is 15.4 Å². The third-order valence-corrected chi connectivity index (χ3v) is 3.35. The molecule has 1 amide bonds. The number of hydrogen-bond donors (Lipinski definition) is 2. The van der Waals surface area contributed by atoms with Gasteiger partial charge in [-0.3, -0.25) is 4.79 Å². The standard InChI is InChI=1S/C18H22N2O2/c1-14-4-3-5-16(12-14)19-11-10-18(21)20-13-15-6-8-17(22-2)9-7-15/h3-9,12,19H,10-11,13H2,1-2H3,(H,20,21). The number of carbonyl (C=O) groups excluding carboxylic acids is 1. The second-order valence-corrected chi connectivity index (χ2v) is 5.17. The monoisotopic (exact) mass is 298 g/mol. The Labute approximate surface area is 131 Å². The van der Waals surface area contributed by atoms with E-state index in [0.29, 0.717) is 19.5 Å². The normalized spacial score (nSPS) is 10.1. The molecule has 4 nitrogen and oxygen atoms in total. The van der Waals surface area contributed by atoms with Crippen LogP contribution in [0.2, 0.25) is 0 Å². The van der Waals surface area contributed by atoms with E-state index in [9.17, 15) is 4.79 Å². The SMILES string of the molecule is COc1ccc(CNC(=O)CCNc2cccc(C)c2)cc1. The molecule has 0 radical (unpaired) electrons. The largest absolute Gasteiger partial charge is 0.497 e. The molecule has 0 unspecified atom stereocenters. The number of anilines is 1. The molecule has 0 saturated heterocycles. The molecule has 116 valence electrons. The maximum absolute atomic E-state index is 11.8. The molecule has 0 spiro atoms. The van der Waals surface area contributed by atoms with Crippen molar-refractivity contribution >= 4 is 11.6 Å². The van der Waals surface area contributed by atoms with Crippen LogP contribution in [0.1, 0.15) is 17.5 Å². The molecule has 4 heteroatoms. The predicted molar refractivity (Wildman–Crippen MR) is 89.1 cm³/mol. The number of nitrogens with one attached hydrogen (secondary N) is 2. The zero-order chi connectivity index (χ0) is 15.8. The van der Waals surface area contributed by atoms with E-state index in [1.807, 2.05) is 49.4 Å². The molecule has 2 aromatic rings. The van der Waals surface area contributed by atoms with Gasteiger partial charge in [-0.15, -0.1) is 0 Å². The number of hydrogen-bond acceptors (Lipinski definition) is 3. The average molecular weight is 298 g/mol. The number of rotatable bonds is 7. The molecule has 2 aromatic carbocycles. The molecular formula is C18H22N2O2. The Balaban J connectivity index is 1.69. The summed E-state index contributed by atoms with van der Waals surface area (Å²) in [6.45, 7) is 3.21. The molecule has 0 aromatic heterocycles. The Morgan fingerprint density at radius 1 is 1.14 bits per heavy atom. The number of benzene rings is 2. The van der Waals surface area contributed by atoms with Crippen LogP contribution >= 0.6 is 0 Å². The minimum absolute atomic E-state index is 0.0379. The molecule has 0 saturated carbocycles. The van der Waals surface area contributed by atoms with Gasteiger partial charge in [-0.05, 0) is 42.3 Å². The minimum Gasteiger partial charge on any atom is -0.497 e. The highest BCUT2D eigenvalue weighted by Gasteiger charge is 2.02. The lowest BCUT2D eigenvalue weighted by Gasteiger charge is -2.08. The molecular weight excluding hydrogens is 276 g/mol. The molecule has 22 heavy (non-hydrogen) atoms. The van der Waals surface area contributed by atoms with Crippen molar-refractivity contribution < 1.29 is 9.53 Å². The molecule has 0 aliphatic rings. The third-order valence-electron chi connectivity index (χ3n) is 3.35. The van der Waals surface area contributed by atoms with Crippen molar-refractivity contribution in [1.82, 2.24) is 5.32 Å². The van der Waals surface area contributed by atoms with E-state index >= 15 is 0 Å². The summed E-state index contributed by atoms with van der Waals surface area (Å²) in [5.74, 6) is 0.855. The van der Waals surface area contributed by atoms with Gasteiger partial charge in [-0.2, -0.15) is 0 Å². The van der Waals surface area contributed by atoms with Crippen molar-refractivity contribution in [1.29, 1.82) is 0 Å². The van der Waals surface area contributed by atoms with Gasteiger partial charge in [0.2, 0.25) is 5.91 Å². The van der Waals surface area contributed by atoms with E-state index in [4.69, 9.17) is 4.74 Å². The Hall–Kier alpha value is -2.49. The number of aryl methyl sites for hydroxylation is 1. The first-order valence-electron chi connectivity index (χ1n) is 7.37. The fourth-order valence-electron chi connectivity index (χ4n) is 2.11. The van der Waals surface area contributed by atoms with Crippen LogP contribution in [-0.2, 0) is 11.3 Å². The lowest BCUT2D eigenvalue weighted by molar-refractivity contribution is -0.121. The van der Waals surface area contributed by atoms with E-state index in [0.717, 1.165) is 17.0 Å². The van der Waals surface area contributed by atoms with Crippen molar-refractivity contribution in [2.45, 2.75) is 19.9 Å². The molecule has 0 atom stereocenters. The van der Waals surface area contributed by atoms with Crippen LogP contribution in [0.4, 0.5) is 5.69 Å². The highest BCUT2D eigenvalue weighted by molar-refractivity contribution is 5.76. The highest BCUT2D eigenvalue weighted by Crippen LogP contribution is 2.11. The lowest BCUT2D eigenvalue weighted by Crippen LogP contribution is -2.24. The summed E-state index contributed by atoms with van der Waals surface area (Å²) in [5, 5.41) is 6.17. The topological polar surface area (TPSA) is 50.4 Å². The van der Waals surface area contributed by atoms with Crippen molar-refractivity contribution in [3.8, 4) is 5.75 Å². The number of ether oxygens (including phenoxy) is 1. The smallest absolute Gasteiger partial charge is 0.222 e. The van der Waals surface area contributed by atoms with E-state index < -0.39 is 0 Å². The average Bonchev–Trinajstić information content (AvgIpc) is 2.53. The highest BCUT2D eigenvalue weighted by atomic mass is 16.5. The summed E-state index contributed by atoms with van der Waals surface area (Å²) in [6.07, 6.45) is 0.449. The molecule has 2 rings (SSSR count). The number of amides is 1. The first kappa shape index (κ1) is 15.9. The molecule has 0 heterocycles. The van der Waals surface area contributed by atoms with Gasteiger partial charge in [-0.25, -0.2) is 0 Å². The maximum Gasteiger partial charge on any atom is 0.222 e. The van der Waals surface area contributed by atoms with Crippen LogP contribution in [0.15, 0.2) is 48.5 Å². The summed E-state index contributed by atoms with van der Waals surface area (Å²) >= 11 is 0. The fraction of sp³-hybridized carbons (Fsp3) is 0.278. The van der Waals surface area contributed by atoms with Crippen LogP contribution in [0.5, 0.6) is 5.75 Å². The second-order valence-electron chi connectivity index (χ2n) is 5.17. The predicted octanol–water partition coefficient (Wildman–Crippen LogP) is 3.12. The molecule has 2 N–H and O–H groups in total. The molecule has 0 aliphatic carbocycles. The van der Waals surface area contributed by atoms with Crippen LogP contribution in [0.25, 0.3) is 0 Å². The van der Waals surface area contributed by atoms with Gasteiger partial charge >= 0.3 is 0 Å². The van der Waals surface area contributed by atoms with Crippen LogP contribution in [0.3, 0.4) is 0 Å². The zero-order valence-corrected chi connectivity index (χ0v) is 13.1. The third kappa shape index (κ3) is 5.13. The molecule has 0 aliphatic heterocycles. The minimum atomic E-state index is 0.0379.